The predicted molar refractivity (Wildman–Crippen MR) is 85.9 cm³/mol. The lowest BCUT2D eigenvalue weighted by Crippen LogP contribution is -2.31. The van der Waals surface area contributed by atoms with Crippen LogP contribution in [0.25, 0.3) is 0 Å². The second-order valence-electron chi connectivity index (χ2n) is 5.28. The molecule has 0 atom stereocenters. The van der Waals surface area contributed by atoms with Crippen LogP contribution in [-0.4, -0.2) is 22.4 Å². The third-order valence-corrected chi connectivity index (χ3v) is 4.32. The van der Waals surface area contributed by atoms with Crippen molar-refractivity contribution in [2.24, 2.45) is 0 Å². The van der Waals surface area contributed by atoms with Crippen LogP contribution in [0.1, 0.15) is 45.6 Å². The third kappa shape index (κ3) is 4.87. The number of benzene rings is 1. The highest BCUT2D eigenvalue weighted by molar-refractivity contribution is 9.10. The van der Waals surface area contributed by atoms with E-state index in [-0.39, 0.29) is 10.6 Å². The van der Waals surface area contributed by atoms with E-state index in [1.807, 2.05) is 6.07 Å². The average Bonchev–Trinajstić information content (AvgIpc) is 2.39. The first-order valence-corrected chi connectivity index (χ1v) is 7.92. The number of nitro benzene ring substituents is 1. The highest BCUT2D eigenvalue weighted by Crippen LogP contribution is 2.29. The first kappa shape index (κ1) is 17.1. The van der Waals surface area contributed by atoms with Crippen LogP contribution in [0.4, 0.5) is 5.69 Å². The van der Waals surface area contributed by atoms with Crippen LogP contribution in [-0.2, 0) is 6.54 Å². The molecule has 1 aromatic rings. The summed E-state index contributed by atoms with van der Waals surface area (Å²) in [5, 5.41) is 11.0. The predicted octanol–water partition coefficient (Wildman–Crippen LogP) is 4.76. The van der Waals surface area contributed by atoms with Crippen molar-refractivity contribution in [3.8, 4) is 0 Å². The number of rotatable bonds is 8. The van der Waals surface area contributed by atoms with Crippen LogP contribution in [0.2, 0.25) is 0 Å². The first-order valence-electron chi connectivity index (χ1n) is 7.13. The van der Waals surface area contributed by atoms with Gasteiger partial charge in [0.1, 0.15) is 0 Å². The molecule has 5 heteroatoms. The molecule has 0 spiro atoms. The monoisotopic (exact) mass is 342 g/mol. The van der Waals surface area contributed by atoms with E-state index in [1.165, 1.54) is 25.3 Å². The molecule has 0 unspecified atom stereocenters. The number of nitro groups is 1. The van der Waals surface area contributed by atoms with Crippen molar-refractivity contribution < 1.29 is 4.92 Å². The second-order valence-corrected chi connectivity index (χ2v) is 6.07. The van der Waals surface area contributed by atoms with Gasteiger partial charge in [-0.2, -0.15) is 0 Å². The van der Waals surface area contributed by atoms with E-state index in [4.69, 9.17) is 0 Å². The van der Waals surface area contributed by atoms with Crippen LogP contribution in [0, 0.1) is 10.1 Å². The summed E-state index contributed by atoms with van der Waals surface area (Å²) in [4.78, 5) is 13.0. The van der Waals surface area contributed by atoms with E-state index >= 15 is 0 Å². The molecule has 1 aromatic carbocycles. The molecule has 0 aliphatic carbocycles. The van der Waals surface area contributed by atoms with Gasteiger partial charge in [-0.3, -0.25) is 15.0 Å². The first-order chi connectivity index (χ1) is 9.47. The normalized spacial score (nSPS) is 11.3. The SMILES string of the molecule is CCCCCN(Cc1cccc([N+](=O)[O-])c1Br)C(C)C. The zero-order chi connectivity index (χ0) is 15.1. The molecule has 0 amide bonds. The minimum Gasteiger partial charge on any atom is -0.297 e. The average molecular weight is 343 g/mol. The minimum atomic E-state index is -0.343. The van der Waals surface area contributed by atoms with Gasteiger partial charge < -0.3 is 0 Å². The minimum absolute atomic E-state index is 0.139. The van der Waals surface area contributed by atoms with Gasteiger partial charge in [-0.1, -0.05) is 31.9 Å². The van der Waals surface area contributed by atoms with Gasteiger partial charge in [-0.25, -0.2) is 0 Å². The Bertz CT molecular complexity index is 449. The van der Waals surface area contributed by atoms with Gasteiger partial charge in [0, 0.05) is 18.7 Å². The fourth-order valence-electron chi connectivity index (χ4n) is 2.13. The molecule has 0 aliphatic heterocycles. The van der Waals surface area contributed by atoms with E-state index < -0.39 is 0 Å². The molecule has 1 rings (SSSR count). The number of hydrogen-bond acceptors (Lipinski definition) is 3. The van der Waals surface area contributed by atoms with Crippen molar-refractivity contribution in [1.82, 2.24) is 4.90 Å². The molecule has 0 heterocycles. The maximum Gasteiger partial charge on any atom is 0.283 e. The summed E-state index contributed by atoms with van der Waals surface area (Å²) in [6.45, 7) is 8.29. The molecule has 0 saturated carbocycles. The summed E-state index contributed by atoms with van der Waals surface area (Å²) in [5.41, 5.74) is 1.11. The highest BCUT2D eigenvalue weighted by Gasteiger charge is 2.17. The van der Waals surface area contributed by atoms with Gasteiger partial charge in [0.15, 0.2) is 0 Å². The molecule has 112 valence electrons. The summed E-state index contributed by atoms with van der Waals surface area (Å²) >= 11 is 3.37. The molecule has 4 nitrogen and oxygen atoms in total. The zero-order valence-corrected chi connectivity index (χ0v) is 14.0. The van der Waals surface area contributed by atoms with Crippen molar-refractivity contribution >= 4 is 21.6 Å². The zero-order valence-electron chi connectivity index (χ0n) is 12.4. The smallest absolute Gasteiger partial charge is 0.283 e. The molecule has 20 heavy (non-hydrogen) atoms. The molecule has 0 N–H and O–H groups in total. The Labute approximate surface area is 129 Å². The molecule has 0 saturated heterocycles. The van der Waals surface area contributed by atoms with Gasteiger partial charge in [-0.15, -0.1) is 0 Å². The molecule has 0 aliphatic rings. The van der Waals surface area contributed by atoms with Gasteiger partial charge in [0.2, 0.25) is 0 Å². The van der Waals surface area contributed by atoms with Crippen molar-refractivity contribution in [2.45, 2.75) is 52.6 Å². The van der Waals surface area contributed by atoms with Crippen molar-refractivity contribution in [3.63, 3.8) is 0 Å². The van der Waals surface area contributed by atoms with Crippen LogP contribution >= 0.6 is 15.9 Å². The van der Waals surface area contributed by atoms with Gasteiger partial charge in [0.25, 0.3) is 5.69 Å². The molecular weight excluding hydrogens is 320 g/mol. The molecular formula is C15H23BrN2O2. The summed E-state index contributed by atoms with van der Waals surface area (Å²) in [7, 11) is 0. The van der Waals surface area contributed by atoms with Crippen molar-refractivity contribution in [3.05, 3.63) is 38.3 Å². The summed E-state index contributed by atoms with van der Waals surface area (Å²) in [5.74, 6) is 0. The van der Waals surface area contributed by atoms with E-state index in [0.29, 0.717) is 10.5 Å². The Balaban J connectivity index is 2.83. The Hall–Kier alpha value is -0.940. The Kier molecular flexibility index (Phi) is 7.16. The number of nitrogens with zero attached hydrogens (tertiary/aromatic N) is 2. The van der Waals surface area contributed by atoms with Gasteiger partial charge in [0.05, 0.1) is 9.40 Å². The summed E-state index contributed by atoms with van der Waals surface area (Å²) in [6.07, 6.45) is 3.59. The Morgan fingerprint density at radius 1 is 1.35 bits per heavy atom. The van der Waals surface area contributed by atoms with Crippen LogP contribution < -0.4 is 0 Å². The highest BCUT2D eigenvalue weighted by atomic mass is 79.9. The number of unbranched alkanes of at least 4 members (excludes halogenated alkanes) is 2. The molecule has 0 aromatic heterocycles. The van der Waals surface area contributed by atoms with E-state index in [0.717, 1.165) is 18.7 Å². The van der Waals surface area contributed by atoms with Crippen LogP contribution in [0.15, 0.2) is 22.7 Å². The topological polar surface area (TPSA) is 46.4 Å². The standard InChI is InChI=1S/C15H23BrN2O2/c1-4-5-6-10-17(12(2)3)11-13-8-7-9-14(15(13)16)18(19)20/h7-9,12H,4-6,10-11H2,1-3H3. The van der Waals surface area contributed by atoms with Gasteiger partial charge in [-0.05, 0) is 48.3 Å². The lowest BCUT2D eigenvalue weighted by molar-refractivity contribution is -0.385. The molecule has 0 fully saturated rings. The Morgan fingerprint density at radius 3 is 2.60 bits per heavy atom. The van der Waals surface area contributed by atoms with Crippen molar-refractivity contribution in [1.29, 1.82) is 0 Å². The van der Waals surface area contributed by atoms with Crippen molar-refractivity contribution in [2.75, 3.05) is 6.54 Å². The fourth-order valence-corrected chi connectivity index (χ4v) is 2.67. The second kappa shape index (κ2) is 8.37. The summed E-state index contributed by atoms with van der Waals surface area (Å²) < 4.78 is 0.603. The fraction of sp³-hybridized carbons (Fsp3) is 0.600. The third-order valence-electron chi connectivity index (χ3n) is 3.41. The largest absolute Gasteiger partial charge is 0.297 e. The maximum atomic E-state index is 11.0. The van der Waals surface area contributed by atoms with Gasteiger partial charge >= 0.3 is 0 Å². The van der Waals surface area contributed by atoms with E-state index in [9.17, 15) is 10.1 Å². The Morgan fingerprint density at radius 2 is 2.05 bits per heavy atom. The lowest BCUT2D eigenvalue weighted by atomic mass is 10.1. The number of halogens is 1. The number of hydrogen-bond donors (Lipinski definition) is 0. The molecule has 0 radical (unpaired) electrons. The quantitative estimate of drug-likeness (QED) is 0.388. The lowest BCUT2D eigenvalue weighted by Gasteiger charge is -2.26. The summed E-state index contributed by atoms with van der Waals surface area (Å²) in [6, 6.07) is 5.66. The van der Waals surface area contributed by atoms with Crippen LogP contribution in [0.5, 0.6) is 0 Å². The maximum absolute atomic E-state index is 11.0. The molecule has 0 bridgehead atoms. The van der Waals surface area contributed by atoms with Crippen LogP contribution in [0.3, 0.4) is 0 Å². The van der Waals surface area contributed by atoms with E-state index in [1.54, 1.807) is 6.07 Å². The van der Waals surface area contributed by atoms with E-state index in [2.05, 4.69) is 41.6 Å².